The summed E-state index contributed by atoms with van der Waals surface area (Å²) in [5.74, 6) is 2.55. The van der Waals surface area contributed by atoms with Crippen molar-refractivity contribution < 1.29 is 9.47 Å². The molecule has 0 amide bonds. The van der Waals surface area contributed by atoms with Crippen molar-refractivity contribution in [2.45, 2.75) is 39.3 Å². The minimum absolute atomic E-state index is 0.260. The summed E-state index contributed by atoms with van der Waals surface area (Å²) in [6.45, 7) is 7.99. The van der Waals surface area contributed by atoms with E-state index in [1.165, 1.54) is 0 Å². The molecule has 6 heteroatoms. The van der Waals surface area contributed by atoms with Crippen LogP contribution in [0.1, 0.15) is 32.3 Å². The Morgan fingerprint density at radius 1 is 1.18 bits per heavy atom. The minimum Gasteiger partial charge on any atom is -0.490 e. The predicted molar refractivity (Wildman–Crippen MR) is 112 cm³/mol. The van der Waals surface area contributed by atoms with E-state index in [1.807, 2.05) is 49.4 Å². The zero-order valence-corrected chi connectivity index (χ0v) is 16.8. The van der Waals surface area contributed by atoms with Crippen molar-refractivity contribution in [3.05, 3.63) is 54.2 Å². The average molecular weight is 383 g/mol. The number of benzene rings is 1. The van der Waals surface area contributed by atoms with Crippen LogP contribution in [0.3, 0.4) is 0 Å². The van der Waals surface area contributed by atoms with Gasteiger partial charge in [0, 0.05) is 44.7 Å². The lowest BCUT2D eigenvalue weighted by atomic mass is 10.1. The highest BCUT2D eigenvalue weighted by Crippen LogP contribution is 2.19. The summed E-state index contributed by atoms with van der Waals surface area (Å²) in [6, 6.07) is 14.0. The molecule has 1 saturated heterocycles. The van der Waals surface area contributed by atoms with Gasteiger partial charge in [-0.2, -0.15) is 0 Å². The number of pyridine rings is 1. The van der Waals surface area contributed by atoms with E-state index in [9.17, 15) is 0 Å². The first kappa shape index (κ1) is 20.0. The van der Waals surface area contributed by atoms with Gasteiger partial charge in [-0.05, 0) is 37.6 Å². The van der Waals surface area contributed by atoms with Crippen LogP contribution >= 0.6 is 0 Å². The van der Waals surface area contributed by atoms with Crippen LogP contribution < -0.4 is 14.8 Å². The van der Waals surface area contributed by atoms with Crippen molar-refractivity contribution in [2.75, 3.05) is 26.2 Å². The molecule has 3 rings (SSSR count). The second-order valence-electron chi connectivity index (χ2n) is 6.72. The molecule has 2 heterocycles. The van der Waals surface area contributed by atoms with Crippen molar-refractivity contribution in [1.82, 2.24) is 15.2 Å². The van der Waals surface area contributed by atoms with Crippen LogP contribution in [0, 0.1) is 0 Å². The number of hydrogen-bond donors (Lipinski definition) is 1. The van der Waals surface area contributed by atoms with Gasteiger partial charge in [-0.25, -0.2) is 9.98 Å². The van der Waals surface area contributed by atoms with Gasteiger partial charge in [-0.1, -0.05) is 18.2 Å². The molecule has 0 saturated carbocycles. The second-order valence-corrected chi connectivity index (χ2v) is 6.72. The van der Waals surface area contributed by atoms with Gasteiger partial charge in [0.15, 0.2) is 5.96 Å². The summed E-state index contributed by atoms with van der Waals surface area (Å²) in [5.41, 5.74) is 1.09. The molecule has 150 valence electrons. The first-order valence-corrected chi connectivity index (χ1v) is 10.1. The molecule has 2 aromatic rings. The van der Waals surface area contributed by atoms with Crippen LogP contribution in [-0.4, -0.2) is 48.2 Å². The van der Waals surface area contributed by atoms with E-state index >= 15 is 0 Å². The molecule has 0 atom stereocenters. The van der Waals surface area contributed by atoms with E-state index < -0.39 is 0 Å². The largest absolute Gasteiger partial charge is 0.490 e. The Labute approximate surface area is 167 Å². The highest BCUT2D eigenvalue weighted by molar-refractivity contribution is 5.80. The molecular weight excluding hydrogens is 352 g/mol. The number of ether oxygens (including phenoxy) is 2. The Morgan fingerprint density at radius 2 is 1.96 bits per heavy atom. The molecule has 1 N–H and O–H groups in total. The van der Waals surface area contributed by atoms with Crippen molar-refractivity contribution in [1.29, 1.82) is 0 Å². The fourth-order valence-corrected chi connectivity index (χ4v) is 3.24. The molecule has 0 unspecified atom stereocenters. The van der Waals surface area contributed by atoms with E-state index in [1.54, 1.807) is 6.20 Å². The molecule has 6 nitrogen and oxygen atoms in total. The van der Waals surface area contributed by atoms with E-state index in [0.717, 1.165) is 49.7 Å². The van der Waals surface area contributed by atoms with Crippen LogP contribution in [0.4, 0.5) is 0 Å². The summed E-state index contributed by atoms with van der Waals surface area (Å²) < 4.78 is 11.6. The number of aliphatic imine (C=N–C) groups is 1. The number of piperidine rings is 1. The minimum atomic E-state index is 0.260. The lowest BCUT2D eigenvalue weighted by Gasteiger charge is -2.34. The van der Waals surface area contributed by atoms with Gasteiger partial charge in [0.05, 0.1) is 13.2 Å². The topological polar surface area (TPSA) is 59.0 Å². The Bertz CT molecular complexity index is 743. The first-order chi connectivity index (χ1) is 13.8. The van der Waals surface area contributed by atoms with E-state index in [4.69, 9.17) is 14.5 Å². The zero-order chi connectivity index (χ0) is 19.6. The lowest BCUT2D eigenvalue weighted by molar-refractivity contribution is 0.129. The normalized spacial score (nSPS) is 15.4. The molecule has 1 aromatic heterocycles. The number of nitrogens with zero attached hydrogens (tertiary/aromatic N) is 3. The molecule has 0 radical (unpaired) electrons. The summed E-state index contributed by atoms with van der Waals surface area (Å²) in [6.07, 6.45) is 4.01. The average Bonchev–Trinajstić information content (AvgIpc) is 2.73. The number of rotatable bonds is 7. The van der Waals surface area contributed by atoms with E-state index in [0.29, 0.717) is 19.0 Å². The van der Waals surface area contributed by atoms with E-state index in [2.05, 4.69) is 22.1 Å². The SMILES string of the molecule is CCNC(=NCc1ccnc(OCC)c1)N1CCC(Oc2ccccc2)CC1. The fourth-order valence-electron chi connectivity index (χ4n) is 3.24. The van der Waals surface area contributed by atoms with Gasteiger partial charge in [-0.15, -0.1) is 0 Å². The Kier molecular flexibility index (Phi) is 7.53. The number of aromatic nitrogens is 1. The number of nitrogens with one attached hydrogen (secondary N) is 1. The highest BCUT2D eigenvalue weighted by Gasteiger charge is 2.22. The van der Waals surface area contributed by atoms with Crippen LogP contribution in [0.2, 0.25) is 0 Å². The van der Waals surface area contributed by atoms with Crippen molar-refractivity contribution in [3.63, 3.8) is 0 Å². The lowest BCUT2D eigenvalue weighted by Crippen LogP contribution is -2.47. The zero-order valence-electron chi connectivity index (χ0n) is 16.8. The molecule has 0 bridgehead atoms. The summed E-state index contributed by atoms with van der Waals surface area (Å²) >= 11 is 0. The molecule has 0 spiro atoms. The number of likely N-dealkylation sites (tertiary alicyclic amines) is 1. The number of guanidine groups is 1. The van der Waals surface area contributed by atoms with Gasteiger partial charge >= 0.3 is 0 Å². The van der Waals surface area contributed by atoms with Gasteiger partial charge < -0.3 is 19.7 Å². The number of para-hydroxylation sites is 1. The Hall–Kier alpha value is -2.76. The van der Waals surface area contributed by atoms with E-state index in [-0.39, 0.29) is 6.10 Å². The molecular formula is C22H30N4O2. The maximum absolute atomic E-state index is 6.10. The third-order valence-corrected chi connectivity index (χ3v) is 4.63. The maximum Gasteiger partial charge on any atom is 0.213 e. The predicted octanol–water partition coefficient (Wildman–Crippen LogP) is 3.49. The third-order valence-electron chi connectivity index (χ3n) is 4.63. The van der Waals surface area contributed by atoms with Crippen LogP contribution in [0.5, 0.6) is 11.6 Å². The van der Waals surface area contributed by atoms with Crippen molar-refractivity contribution >= 4 is 5.96 Å². The molecule has 1 aromatic carbocycles. The van der Waals surface area contributed by atoms with Gasteiger partial charge in [0.2, 0.25) is 5.88 Å². The van der Waals surface area contributed by atoms with Crippen LogP contribution in [0.15, 0.2) is 53.7 Å². The fraction of sp³-hybridized carbons (Fsp3) is 0.455. The molecule has 1 aliphatic rings. The summed E-state index contributed by atoms with van der Waals surface area (Å²) in [7, 11) is 0. The Morgan fingerprint density at radius 3 is 2.68 bits per heavy atom. The highest BCUT2D eigenvalue weighted by atomic mass is 16.5. The van der Waals surface area contributed by atoms with Gasteiger partial charge in [0.25, 0.3) is 0 Å². The number of hydrogen-bond acceptors (Lipinski definition) is 4. The van der Waals surface area contributed by atoms with Crippen molar-refractivity contribution in [2.24, 2.45) is 4.99 Å². The standard InChI is InChI=1S/C22H30N4O2/c1-3-23-22(25-17-18-10-13-24-21(16-18)27-4-2)26-14-11-20(12-15-26)28-19-8-6-5-7-9-19/h5-10,13,16,20H,3-4,11-12,14-15,17H2,1-2H3,(H,23,25). The smallest absolute Gasteiger partial charge is 0.213 e. The first-order valence-electron chi connectivity index (χ1n) is 10.1. The van der Waals surface area contributed by atoms with Crippen LogP contribution in [0.25, 0.3) is 0 Å². The Balaban J connectivity index is 1.56. The van der Waals surface area contributed by atoms with Gasteiger partial charge in [-0.3, -0.25) is 0 Å². The quantitative estimate of drug-likeness (QED) is 0.587. The molecule has 28 heavy (non-hydrogen) atoms. The monoisotopic (exact) mass is 382 g/mol. The van der Waals surface area contributed by atoms with Gasteiger partial charge in [0.1, 0.15) is 11.9 Å². The second kappa shape index (κ2) is 10.5. The molecule has 1 aliphatic heterocycles. The third kappa shape index (κ3) is 5.87. The maximum atomic E-state index is 6.10. The summed E-state index contributed by atoms with van der Waals surface area (Å²) in [5, 5.41) is 3.42. The molecule has 0 aliphatic carbocycles. The van der Waals surface area contributed by atoms with Crippen LogP contribution in [-0.2, 0) is 6.54 Å². The summed E-state index contributed by atoms with van der Waals surface area (Å²) in [4.78, 5) is 11.4. The van der Waals surface area contributed by atoms with Crippen molar-refractivity contribution in [3.8, 4) is 11.6 Å². The molecule has 1 fully saturated rings.